The van der Waals surface area contributed by atoms with E-state index in [9.17, 15) is 14.4 Å². The minimum atomic E-state index is -0.925. The largest absolute Gasteiger partial charge is 0.459 e. The van der Waals surface area contributed by atoms with Crippen LogP contribution < -0.4 is 22.1 Å². The van der Waals surface area contributed by atoms with E-state index in [1.165, 1.54) is 6.92 Å². The second kappa shape index (κ2) is 8.14. The molecule has 6 N–H and O–H groups in total. The Morgan fingerprint density at radius 3 is 2.00 bits per heavy atom. The standard InChI is InChI=1S/C10H20N4O4Si/c1-3-6(4-19)18-8(15)5(2)7(13-9(11)16)14-10(12)17/h6H,3-4H2,1-2,19H3,(H3,11,13,16)(H3,12,14,17). The molecule has 19 heavy (non-hydrogen) atoms. The zero-order valence-electron chi connectivity index (χ0n) is 11.3. The number of hydrogen-bond donors (Lipinski definition) is 4. The van der Waals surface area contributed by atoms with E-state index in [1.54, 1.807) is 0 Å². The smallest absolute Gasteiger partial charge is 0.337 e. The number of hydrogen-bond acceptors (Lipinski definition) is 4. The molecule has 0 aliphatic rings. The van der Waals surface area contributed by atoms with Crippen LogP contribution in [0, 0.1) is 0 Å². The number of carbonyl (C=O) groups is 3. The van der Waals surface area contributed by atoms with Gasteiger partial charge in [-0.25, -0.2) is 14.4 Å². The van der Waals surface area contributed by atoms with Gasteiger partial charge in [-0.3, -0.25) is 10.6 Å². The molecule has 0 saturated carbocycles. The van der Waals surface area contributed by atoms with Crippen molar-refractivity contribution < 1.29 is 19.1 Å². The van der Waals surface area contributed by atoms with Gasteiger partial charge in [0.05, 0.1) is 11.7 Å². The van der Waals surface area contributed by atoms with Crippen LogP contribution in [-0.4, -0.2) is 34.4 Å². The monoisotopic (exact) mass is 288 g/mol. The van der Waals surface area contributed by atoms with Gasteiger partial charge in [0.25, 0.3) is 0 Å². The van der Waals surface area contributed by atoms with E-state index in [-0.39, 0.29) is 17.5 Å². The molecule has 0 aliphatic carbocycles. The molecule has 0 radical (unpaired) electrons. The Morgan fingerprint density at radius 1 is 1.21 bits per heavy atom. The number of primary amides is 2. The van der Waals surface area contributed by atoms with Crippen LogP contribution in [0.3, 0.4) is 0 Å². The predicted molar refractivity (Wildman–Crippen MR) is 73.1 cm³/mol. The summed E-state index contributed by atoms with van der Waals surface area (Å²) in [6, 6.07) is -1.05. The van der Waals surface area contributed by atoms with Crippen molar-refractivity contribution in [3.8, 4) is 0 Å². The van der Waals surface area contributed by atoms with Crippen LogP contribution in [0.25, 0.3) is 0 Å². The number of carbonyl (C=O) groups excluding carboxylic acids is 3. The summed E-state index contributed by atoms with van der Waals surface area (Å²) >= 11 is 0. The number of urea groups is 2. The lowest BCUT2D eigenvalue weighted by Crippen LogP contribution is -2.41. The summed E-state index contributed by atoms with van der Waals surface area (Å²) in [5.41, 5.74) is 9.90. The molecule has 8 nitrogen and oxygen atoms in total. The fourth-order valence-corrected chi connectivity index (χ4v) is 2.01. The molecule has 1 atom stereocenters. The van der Waals surface area contributed by atoms with Crippen LogP contribution in [0.1, 0.15) is 20.3 Å². The van der Waals surface area contributed by atoms with Crippen molar-refractivity contribution in [3.05, 3.63) is 11.4 Å². The van der Waals surface area contributed by atoms with Crippen molar-refractivity contribution >= 4 is 28.3 Å². The molecule has 9 heteroatoms. The van der Waals surface area contributed by atoms with Crippen molar-refractivity contribution in [1.29, 1.82) is 0 Å². The highest BCUT2D eigenvalue weighted by Crippen LogP contribution is 2.08. The third kappa shape index (κ3) is 6.45. The van der Waals surface area contributed by atoms with Gasteiger partial charge >= 0.3 is 18.0 Å². The fourth-order valence-electron chi connectivity index (χ4n) is 1.26. The van der Waals surface area contributed by atoms with E-state index < -0.39 is 18.0 Å². The summed E-state index contributed by atoms with van der Waals surface area (Å²) in [4.78, 5) is 33.4. The van der Waals surface area contributed by atoms with Gasteiger partial charge in [-0.2, -0.15) is 0 Å². The van der Waals surface area contributed by atoms with Gasteiger partial charge in [-0.1, -0.05) is 6.92 Å². The lowest BCUT2D eigenvalue weighted by atomic mass is 10.2. The van der Waals surface area contributed by atoms with Crippen LogP contribution in [0.4, 0.5) is 9.59 Å². The molecule has 0 bridgehead atoms. The Bertz CT molecular complexity index is 375. The molecular formula is C10H20N4O4Si. The topological polar surface area (TPSA) is 137 Å². The Balaban J connectivity index is 5.03. The van der Waals surface area contributed by atoms with Crippen LogP contribution >= 0.6 is 0 Å². The second-order valence-electron chi connectivity index (χ2n) is 3.82. The average molecular weight is 288 g/mol. The molecule has 0 spiro atoms. The summed E-state index contributed by atoms with van der Waals surface area (Å²) in [6.45, 7) is 3.29. The highest BCUT2D eigenvalue weighted by Gasteiger charge is 2.18. The molecule has 0 aromatic carbocycles. The van der Waals surface area contributed by atoms with Gasteiger partial charge in [0.15, 0.2) is 0 Å². The summed E-state index contributed by atoms with van der Waals surface area (Å²) in [7, 11) is 0.903. The Labute approximate surface area is 114 Å². The van der Waals surface area contributed by atoms with Crippen molar-refractivity contribution in [2.45, 2.75) is 32.4 Å². The highest BCUT2D eigenvalue weighted by molar-refractivity contribution is 6.09. The molecule has 0 aromatic rings. The summed E-state index contributed by atoms with van der Waals surface area (Å²) < 4.78 is 5.21. The number of esters is 1. The predicted octanol–water partition coefficient (Wildman–Crippen LogP) is -1.34. The van der Waals surface area contributed by atoms with E-state index in [0.717, 1.165) is 16.3 Å². The molecule has 4 amide bonds. The average Bonchev–Trinajstić information content (AvgIpc) is 2.32. The van der Waals surface area contributed by atoms with E-state index in [0.29, 0.717) is 6.42 Å². The Hall–Kier alpha value is -2.03. The first-order valence-corrected chi connectivity index (χ1v) is 7.27. The summed E-state index contributed by atoms with van der Waals surface area (Å²) in [5, 5.41) is 4.23. The lowest BCUT2D eigenvalue weighted by molar-refractivity contribution is -0.143. The van der Waals surface area contributed by atoms with Gasteiger partial charge in [0, 0.05) is 10.2 Å². The highest BCUT2D eigenvalue weighted by atomic mass is 28.1. The number of nitrogens with two attached hydrogens (primary N) is 2. The second-order valence-corrected chi connectivity index (χ2v) is 4.64. The number of nitrogens with one attached hydrogen (secondary N) is 2. The SMILES string of the molecule is CCC(C[SiH3])OC(=O)C(C)=C(NC(N)=O)NC(N)=O. The molecular weight excluding hydrogens is 268 g/mol. The number of rotatable bonds is 6. The lowest BCUT2D eigenvalue weighted by Gasteiger charge is -2.16. The van der Waals surface area contributed by atoms with Crippen molar-refractivity contribution in [2.24, 2.45) is 11.5 Å². The molecule has 0 saturated heterocycles. The normalized spacial score (nSPS) is 11.3. The third-order valence-corrected chi connectivity index (χ3v) is 3.27. The van der Waals surface area contributed by atoms with E-state index in [1.807, 2.05) is 6.92 Å². The van der Waals surface area contributed by atoms with E-state index in [4.69, 9.17) is 16.2 Å². The zero-order chi connectivity index (χ0) is 15.0. The first-order valence-electron chi connectivity index (χ1n) is 5.86. The van der Waals surface area contributed by atoms with Crippen LogP contribution in [0.2, 0.25) is 6.04 Å². The number of amides is 4. The minimum absolute atomic E-state index is 0.0196. The van der Waals surface area contributed by atoms with Gasteiger partial charge in [0.2, 0.25) is 0 Å². The summed E-state index contributed by atoms with van der Waals surface area (Å²) in [6.07, 6.45) is 0.530. The molecule has 1 unspecified atom stereocenters. The molecule has 0 aliphatic heterocycles. The van der Waals surface area contributed by atoms with Gasteiger partial charge < -0.3 is 16.2 Å². The maximum Gasteiger partial charge on any atom is 0.337 e. The molecule has 0 aromatic heterocycles. The first-order chi connectivity index (χ1) is 8.81. The Kier molecular flexibility index (Phi) is 7.27. The van der Waals surface area contributed by atoms with Crippen molar-refractivity contribution in [3.63, 3.8) is 0 Å². The van der Waals surface area contributed by atoms with Crippen molar-refractivity contribution in [2.75, 3.05) is 0 Å². The molecule has 0 fully saturated rings. The van der Waals surface area contributed by atoms with Gasteiger partial charge in [-0.15, -0.1) is 0 Å². The maximum atomic E-state index is 11.8. The third-order valence-electron chi connectivity index (χ3n) is 2.36. The molecule has 0 heterocycles. The van der Waals surface area contributed by atoms with Gasteiger partial charge in [0.1, 0.15) is 5.82 Å². The first kappa shape index (κ1) is 17.0. The quantitative estimate of drug-likeness (QED) is 0.273. The molecule has 0 rings (SSSR count). The van der Waals surface area contributed by atoms with Crippen LogP contribution in [0.5, 0.6) is 0 Å². The van der Waals surface area contributed by atoms with Crippen LogP contribution in [0.15, 0.2) is 11.4 Å². The van der Waals surface area contributed by atoms with Gasteiger partial charge in [-0.05, 0) is 19.4 Å². The zero-order valence-corrected chi connectivity index (χ0v) is 13.3. The minimum Gasteiger partial charge on any atom is -0.459 e. The number of ether oxygens (including phenoxy) is 1. The van der Waals surface area contributed by atoms with E-state index in [2.05, 4.69) is 10.6 Å². The fraction of sp³-hybridized carbons (Fsp3) is 0.500. The van der Waals surface area contributed by atoms with E-state index >= 15 is 0 Å². The summed E-state index contributed by atoms with van der Waals surface area (Å²) in [5.74, 6) is -0.812. The maximum absolute atomic E-state index is 11.8. The van der Waals surface area contributed by atoms with Crippen LogP contribution in [-0.2, 0) is 9.53 Å². The molecule has 108 valence electrons. The van der Waals surface area contributed by atoms with Crippen molar-refractivity contribution in [1.82, 2.24) is 10.6 Å². The Morgan fingerprint density at radius 2 is 1.68 bits per heavy atom.